The number of morpholine rings is 1. The van der Waals surface area contributed by atoms with Crippen molar-refractivity contribution >= 4 is 11.8 Å². The number of nitrogens with zero attached hydrogens (tertiary/aromatic N) is 1. The SMILES string of the molecule is Cc1cc(CN2CCOCC2)ccc1NC(=O)OC(C)(C)C. The summed E-state index contributed by atoms with van der Waals surface area (Å²) >= 11 is 0. The van der Waals surface area contributed by atoms with Crippen molar-refractivity contribution < 1.29 is 14.3 Å². The van der Waals surface area contributed by atoms with E-state index >= 15 is 0 Å². The highest BCUT2D eigenvalue weighted by molar-refractivity contribution is 5.85. The monoisotopic (exact) mass is 306 g/mol. The first-order chi connectivity index (χ1) is 10.3. The third kappa shape index (κ3) is 5.31. The predicted molar refractivity (Wildman–Crippen MR) is 87.1 cm³/mol. The van der Waals surface area contributed by atoms with Crippen LogP contribution in [0.4, 0.5) is 10.5 Å². The highest BCUT2D eigenvalue weighted by atomic mass is 16.6. The van der Waals surface area contributed by atoms with Crippen LogP contribution >= 0.6 is 0 Å². The summed E-state index contributed by atoms with van der Waals surface area (Å²) in [5.41, 5.74) is 2.58. The summed E-state index contributed by atoms with van der Waals surface area (Å²) in [7, 11) is 0. The molecule has 0 unspecified atom stereocenters. The lowest BCUT2D eigenvalue weighted by atomic mass is 10.1. The van der Waals surface area contributed by atoms with Gasteiger partial charge in [0.1, 0.15) is 5.60 Å². The van der Waals surface area contributed by atoms with Gasteiger partial charge in [-0.25, -0.2) is 4.79 Å². The molecule has 0 aliphatic carbocycles. The summed E-state index contributed by atoms with van der Waals surface area (Å²) < 4.78 is 10.6. The Kier molecular flexibility index (Phi) is 5.42. The van der Waals surface area contributed by atoms with Crippen LogP contribution in [-0.4, -0.2) is 42.9 Å². The lowest BCUT2D eigenvalue weighted by Gasteiger charge is -2.26. The van der Waals surface area contributed by atoms with E-state index in [4.69, 9.17) is 9.47 Å². The second-order valence-corrected chi connectivity index (χ2v) is 6.66. The predicted octanol–water partition coefficient (Wildman–Crippen LogP) is 3.17. The summed E-state index contributed by atoms with van der Waals surface area (Å²) in [6.45, 7) is 12.0. The Balaban J connectivity index is 1.95. The van der Waals surface area contributed by atoms with E-state index in [1.807, 2.05) is 33.8 Å². The lowest BCUT2D eigenvalue weighted by molar-refractivity contribution is 0.0342. The molecule has 1 aromatic carbocycles. The van der Waals surface area contributed by atoms with Crippen LogP contribution in [0.25, 0.3) is 0 Å². The molecule has 1 N–H and O–H groups in total. The van der Waals surface area contributed by atoms with Crippen molar-refractivity contribution in [1.82, 2.24) is 4.90 Å². The molecule has 5 nitrogen and oxygen atoms in total. The van der Waals surface area contributed by atoms with E-state index in [2.05, 4.69) is 22.3 Å². The standard InChI is InChI=1S/C17H26N2O3/c1-13-11-14(12-19-7-9-21-10-8-19)5-6-15(13)18-16(20)22-17(2,3)4/h5-6,11H,7-10,12H2,1-4H3,(H,18,20). The molecule has 0 bridgehead atoms. The van der Waals surface area contributed by atoms with Gasteiger partial charge in [-0.1, -0.05) is 12.1 Å². The van der Waals surface area contributed by atoms with Crippen LogP contribution in [0.1, 0.15) is 31.9 Å². The van der Waals surface area contributed by atoms with E-state index in [1.165, 1.54) is 5.56 Å². The van der Waals surface area contributed by atoms with E-state index < -0.39 is 11.7 Å². The molecule has 22 heavy (non-hydrogen) atoms. The van der Waals surface area contributed by atoms with Gasteiger partial charge in [-0.05, 0) is 44.9 Å². The zero-order chi connectivity index (χ0) is 16.2. The Morgan fingerprint density at radius 1 is 1.32 bits per heavy atom. The molecule has 0 radical (unpaired) electrons. The molecule has 0 saturated carbocycles. The second-order valence-electron chi connectivity index (χ2n) is 6.66. The number of hydrogen-bond donors (Lipinski definition) is 1. The van der Waals surface area contributed by atoms with Crippen molar-refractivity contribution in [2.24, 2.45) is 0 Å². The quantitative estimate of drug-likeness (QED) is 0.932. The Labute approximate surface area is 132 Å². The molecule has 1 aliphatic heterocycles. The van der Waals surface area contributed by atoms with Gasteiger partial charge in [0.15, 0.2) is 0 Å². The molecule has 1 aromatic rings. The number of benzene rings is 1. The third-order valence-electron chi connectivity index (χ3n) is 3.44. The Morgan fingerprint density at radius 2 is 2.00 bits per heavy atom. The van der Waals surface area contributed by atoms with Gasteiger partial charge in [-0.2, -0.15) is 0 Å². The highest BCUT2D eigenvalue weighted by Gasteiger charge is 2.17. The fraction of sp³-hybridized carbons (Fsp3) is 0.588. The minimum atomic E-state index is -0.492. The van der Waals surface area contributed by atoms with E-state index in [0.717, 1.165) is 44.1 Å². The summed E-state index contributed by atoms with van der Waals surface area (Å²) in [5, 5.41) is 2.80. The van der Waals surface area contributed by atoms with Gasteiger partial charge in [0.05, 0.1) is 13.2 Å². The number of amides is 1. The molecule has 1 amide bonds. The molecule has 1 saturated heterocycles. The van der Waals surface area contributed by atoms with E-state index in [9.17, 15) is 4.79 Å². The molecular formula is C17H26N2O3. The number of carbonyl (C=O) groups excluding carboxylic acids is 1. The Bertz CT molecular complexity index is 517. The first kappa shape index (κ1) is 16.8. The fourth-order valence-electron chi connectivity index (χ4n) is 2.40. The maximum Gasteiger partial charge on any atom is 0.412 e. The number of carbonyl (C=O) groups is 1. The molecule has 0 aromatic heterocycles. The average Bonchev–Trinajstić information content (AvgIpc) is 2.41. The number of ether oxygens (including phenoxy) is 2. The lowest BCUT2D eigenvalue weighted by Crippen LogP contribution is -2.35. The van der Waals surface area contributed by atoms with Crippen LogP contribution in [0.15, 0.2) is 18.2 Å². The van der Waals surface area contributed by atoms with Crippen molar-refractivity contribution in [2.75, 3.05) is 31.6 Å². The van der Waals surface area contributed by atoms with Gasteiger partial charge in [0.25, 0.3) is 0 Å². The molecule has 1 aliphatic rings. The zero-order valence-electron chi connectivity index (χ0n) is 13.9. The van der Waals surface area contributed by atoms with E-state index in [1.54, 1.807) is 0 Å². The van der Waals surface area contributed by atoms with Gasteiger partial charge < -0.3 is 9.47 Å². The topological polar surface area (TPSA) is 50.8 Å². The minimum Gasteiger partial charge on any atom is -0.444 e. The summed E-state index contributed by atoms with van der Waals surface area (Å²) in [6, 6.07) is 6.10. The van der Waals surface area contributed by atoms with E-state index in [-0.39, 0.29) is 0 Å². The van der Waals surface area contributed by atoms with Gasteiger partial charge in [0, 0.05) is 25.3 Å². The molecule has 122 valence electrons. The molecule has 0 spiro atoms. The maximum absolute atomic E-state index is 11.8. The maximum atomic E-state index is 11.8. The average molecular weight is 306 g/mol. The fourth-order valence-corrected chi connectivity index (χ4v) is 2.40. The highest BCUT2D eigenvalue weighted by Crippen LogP contribution is 2.19. The van der Waals surface area contributed by atoms with Gasteiger partial charge in [-0.15, -0.1) is 0 Å². The van der Waals surface area contributed by atoms with Gasteiger partial charge in [-0.3, -0.25) is 10.2 Å². The number of aryl methyl sites for hydroxylation is 1. The van der Waals surface area contributed by atoms with Crippen LogP contribution < -0.4 is 5.32 Å². The first-order valence-corrected chi connectivity index (χ1v) is 7.73. The van der Waals surface area contributed by atoms with Crippen molar-refractivity contribution in [3.05, 3.63) is 29.3 Å². The molecule has 2 rings (SSSR count). The van der Waals surface area contributed by atoms with Crippen molar-refractivity contribution in [2.45, 2.75) is 39.8 Å². The third-order valence-corrected chi connectivity index (χ3v) is 3.44. The van der Waals surface area contributed by atoms with Gasteiger partial charge in [0.2, 0.25) is 0 Å². The summed E-state index contributed by atoms with van der Waals surface area (Å²) in [5.74, 6) is 0. The number of rotatable bonds is 3. The minimum absolute atomic E-state index is 0.420. The van der Waals surface area contributed by atoms with Crippen LogP contribution in [0, 0.1) is 6.92 Å². The number of anilines is 1. The normalized spacial score (nSPS) is 16.4. The van der Waals surface area contributed by atoms with Crippen molar-refractivity contribution in [1.29, 1.82) is 0 Å². The Hall–Kier alpha value is -1.59. The van der Waals surface area contributed by atoms with Crippen LogP contribution in [0.5, 0.6) is 0 Å². The molecule has 1 fully saturated rings. The number of hydrogen-bond acceptors (Lipinski definition) is 4. The molecule has 1 heterocycles. The smallest absolute Gasteiger partial charge is 0.412 e. The number of nitrogens with one attached hydrogen (secondary N) is 1. The largest absolute Gasteiger partial charge is 0.444 e. The molecule has 5 heteroatoms. The second kappa shape index (κ2) is 7.11. The van der Waals surface area contributed by atoms with Crippen molar-refractivity contribution in [3.8, 4) is 0 Å². The summed E-state index contributed by atoms with van der Waals surface area (Å²) in [4.78, 5) is 14.2. The Morgan fingerprint density at radius 3 is 2.59 bits per heavy atom. The molecule has 0 atom stereocenters. The van der Waals surface area contributed by atoms with Gasteiger partial charge >= 0.3 is 6.09 Å². The van der Waals surface area contributed by atoms with Crippen LogP contribution in [0.3, 0.4) is 0 Å². The first-order valence-electron chi connectivity index (χ1n) is 7.73. The van der Waals surface area contributed by atoms with E-state index in [0.29, 0.717) is 0 Å². The van der Waals surface area contributed by atoms with Crippen LogP contribution in [-0.2, 0) is 16.0 Å². The summed E-state index contributed by atoms with van der Waals surface area (Å²) in [6.07, 6.45) is -0.420. The van der Waals surface area contributed by atoms with Crippen molar-refractivity contribution in [3.63, 3.8) is 0 Å². The van der Waals surface area contributed by atoms with Crippen LogP contribution in [0.2, 0.25) is 0 Å². The molecular weight excluding hydrogens is 280 g/mol. The zero-order valence-corrected chi connectivity index (χ0v) is 13.9.